The molecule has 1 aliphatic rings. The number of anilines is 1. The van der Waals surface area contributed by atoms with Crippen LogP contribution in [0, 0.1) is 15.9 Å². The number of imide groups is 1. The SMILES string of the molecule is COc1ccc2sc(S[C@H]3CC(=O)N(c4ccc(F)c([N+](=O)[O-])c4)C3=O)nc2c1. The minimum absolute atomic E-state index is 0.0229. The Kier molecular flexibility index (Phi) is 4.92. The molecule has 0 unspecified atom stereocenters. The van der Waals surface area contributed by atoms with Gasteiger partial charge in [-0.15, -0.1) is 11.3 Å². The lowest BCUT2D eigenvalue weighted by atomic mass is 10.2. The van der Waals surface area contributed by atoms with Crippen LogP contribution in [0.25, 0.3) is 10.2 Å². The molecule has 148 valence electrons. The molecule has 0 radical (unpaired) electrons. The number of nitro groups is 1. The fourth-order valence-electron chi connectivity index (χ4n) is 2.93. The monoisotopic (exact) mass is 433 g/mol. The van der Waals surface area contributed by atoms with E-state index in [4.69, 9.17) is 4.74 Å². The smallest absolute Gasteiger partial charge is 0.306 e. The number of nitrogens with zero attached hydrogens (tertiary/aromatic N) is 3. The van der Waals surface area contributed by atoms with Crippen LogP contribution in [0.2, 0.25) is 0 Å². The highest BCUT2D eigenvalue weighted by atomic mass is 32.2. The van der Waals surface area contributed by atoms with Crippen molar-refractivity contribution in [3.8, 4) is 5.75 Å². The summed E-state index contributed by atoms with van der Waals surface area (Å²) in [5.74, 6) is -1.39. The molecule has 0 aliphatic carbocycles. The van der Waals surface area contributed by atoms with E-state index in [9.17, 15) is 24.1 Å². The summed E-state index contributed by atoms with van der Waals surface area (Å²) in [6, 6.07) is 8.39. The molecule has 3 aromatic rings. The van der Waals surface area contributed by atoms with Gasteiger partial charge in [-0.1, -0.05) is 11.8 Å². The molecule has 29 heavy (non-hydrogen) atoms. The normalized spacial score (nSPS) is 16.6. The fourth-order valence-corrected chi connectivity index (χ4v) is 5.25. The Morgan fingerprint density at radius 1 is 1.31 bits per heavy atom. The molecule has 1 saturated heterocycles. The van der Waals surface area contributed by atoms with Gasteiger partial charge in [-0.3, -0.25) is 19.7 Å². The Labute approximate surface area is 171 Å². The maximum Gasteiger partial charge on any atom is 0.306 e. The molecule has 0 spiro atoms. The zero-order valence-electron chi connectivity index (χ0n) is 14.8. The van der Waals surface area contributed by atoms with Crippen molar-refractivity contribution in [3.63, 3.8) is 0 Å². The first kappa shape index (κ1) is 19.3. The van der Waals surface area contributed by atoms with Gasteiger partial charge in [-0.25, -0.2) is 9.88 Å². The number of carbonyl (C=O) groups is 2. The van der Waals surface area contributed by atoms with Gasteiger partial charge >= 0.3 is 5.69 Å². The number of aromatic nitrogens is 1. The first-order valence-electron chi connectivity index (χ1n) is 8.29. The fraction of sp³-hybridized carbons (Fsp3) is 0.167. The van der Waals surface area contributed by atoms with E-state index in [-0.39, 0.29) is 12.1 Å². The van der Waals surface area contributed by atoms with E-state index in [2.05, 4.69) is 4.98 Å². The van der Waals surface area contributed by atoms with Crippen molar-refractivity contribution in [1.82, 2.24) is 4.98 Å². The van der Waals surface area contributed by atoms with E-state index in [0.717, 1.165) is 39.0 Å². The van der Waals surface area contributed by atoms with E-state index in [1.807, 2.05) is 12.1 Å². The summed E-state index contributed by atoms with van der Waals surface area (Å²) in [6.07, 6.45) is -0.0755. The van der Waals surface area contributed by atoms with E-state index >= 15 is 0 Å². The molecule has 0 bridgehead atoms. The van der Waals surface area contributed by atoms with E-state index in [0.29, 0.717) is 10.1 Å². The maximum atomic E-state index is 13.6. The first-order chi connectivity index (χ1) is 13.9. The highest BCUT2D eigenvalue weighted by Gasteiger charge is 2.41. The number of methoxy groups -OCH3 is 1. The lowest BCUT2D eigenvalue weighted by Gasteiger charge is -2.14. The van der Waals surface area contributed by atoms with Gasteiger partial charge in [-0.05, 0) is 24.3 Å². The quantitative estimate of drug-likeness (QED) is 0.343. The van der Waals surface area contributed by atoms with Crippen molar-refractivity contribution in [2.75, 3.05) is 12.0 Å². The second kappa shape index (κ2) is 7.41. The number of amides is 2. The molecule has 4 rings (SSSR count). The molecular formula is C18H12FN3O5S2. The maximum absolute atomic E-state index is 13.6. The zero-order valence-corrected chi connectivity index (χ0v) is 16.5. The first-order valence-corrected chi connectivity index (χ1v) is 9.99. The molecule has 2 heterocycles. The van der Waals surface area contributed by atoms with Crippen molar-refractivity contribution in [2.45, 2.75) is 16.0 Å². The summed E-state index contributed by atoms with van der Waals surface area (Å²) in [5.41, 5.74) is -0.0933. The average Bonchev–Trinajstić information content (AvgIpc) is 3.21. The Morgan fingerprint density at radius 3 is 2.83 bits per heavy atom. The minimum Gasteiger partial charge on any atom is -0.497 e. The Morgan fingerprint density at radius 2 is 2.10 bits per heavy atom. The van der Waals surface area contributed by atoms with Crippen LogP contribution >= 0.6 is 23.1 Å². The summed E-state index contributed by atoms with van der Waals surface area (Å²) in [7, 11) is 1.56. The number of hydrogen-bond donors (Lipinski definition) is 0. The van der Waals surface area contributed by atoms with E-state index < -0.39 is 33.5 Å². The lowest BCUT2D eigenvalue weighted by Crippen LogP contribution is -2.31. The summed E-state index contributed by atoms with van der Waals surface area (Å²) in [4.78, 5) is 40.6. The summed E-state index contributed by atoms with van der Waals surface area (Å²) < 4.78 is 20.3. The van der Waals surface area contributed by atoms with Gasteiger partial charge in [0.15, 0.2) is 4.34 Å². The lowest BCUT2D eigenvalue weighted by molar-refractivity contribution is -0.387. The molecule has 11 heteroatoms. The molecule has 2 aromatic carbocycles. The van der Waals surface area contributed by atoms with Gasteiger partial charge in [0.1, 0.15) is 11.0 Å². The van der Waals surface area contributed by atoms with Crippen LogP contribution < -0.4 is 9.64 Å². The number of thiazole rings is 1. The number of carbonyl (C=O) groups excluding carboxylic acids is 2. The summed E-state index contributed by atoms with van der Waals surface area (Å²) in [6.45, 7) is 0. The second-order valence-electron chi connectivity index (χ2n) is 6.08. The zero-order chi connectivity index (χ0) is 20.7. The van der Waals surface area contributed by atoms with Crippen molar-refractivity contribution < 1.29 is 23.6 Å². The highest BCUT2D eigenvalue weighted by Crippen LogP contribution is 2.38. The van der Waals surface area contributed by atoms with Gasteiger partial charge in [0, 0.05) is 18.6 Å². The van der Waals surface area contributed by atoms with Crippen molar-refractivity contribution in [2.24, 2.45) is 0 Å². The molecule has 8 nitrogen and oxygen atoms in total. The number of rotatable bonds is 5. The standard InChI is InChI=1S/C18H12FN3O5S2/c1-27-10-3-5-14-12(7-10)20-18(28-14)29-15-8-16(23)21(17(15)24)9-2-4-11(19)13(6-9)22(25)26/h2-7,15H,8H2,1H3/t15-/m0/s1. The average molecular weight is 433 g/mol. The van der Waals surface area contributed by atoms with Crippen molar-refractivity contribution in [3.05, 3.63) is 52.3 Å². The van der Waals surface area contributed by atoms with Crippen LogP contribution in [0.5, 0.6) is 5.75 Å². The molecule has 0 saturated carbocycles. The van der Waals surface area contributed by atoms with Crippen LogP contribution in [0.4, 0.5) is 15.8 Å². The third-order valence-electron chi connectivity index (χ3n) is 4.31. The molecule has 1 aromatic heterocycles. The number of benzene rings is 2. The van der Waals surface area contributed by atoms with E-state index in [1.165, 1.54) is 17.4 Å². The molecule has 1 atom stereocenters. The number of nitro benzene ring substituents is 1. The van der Waals surface area contributed by atoms with E-state index in [1.54, 1.807) is 13.2 Å². The van der Waals surface area contributed by atoms with Crippen LogP contribution in [-0.2, 0) is 9.59 Å². The molecule has 0 N–H and O–H groups in total. The van der Waals surface area contributed by atoms with Gasteiger partial charge < -0.3 is 4.74 Å². The molecular weight excluding hydrogens is 421 g/mol. The Hall–Kier alpha value is -3.05. The van der Waals surface area contributed by atoms with Gasteiger partial charge in [0.05, 0.1) is 27.9 Å². The molecule has 1 aliphatic heterocycles. The number of fused-ring (bicyclic) bond motifs is 1. The van der Waals surface area contributed by atoms with Crippen LogP contribution in [0.3, 0.4) is 0 Å². The Bertz CT molecular complexity index is 1170. The predicted molar refractivity (Wildman–Crippen MR) is 106 cm³/mol. The van der Waals surface area contributed by atoms with Gasteiger partial charge in [0.25, 0.3) is 0 Å². The van der Waals surface area contributed by atoms with Gasteiger partial charge in [-0.2, -0.15) is 4.39 Å². The minimum atomic E-state index is -1.03. The van der Waals surface area contributed by atoms with Crippen molar-refractivity contribution >= 4 is 56.5 Å². The molecule has 1 fully saturated rings. The summed E-state index contributed by atoms with van der Waals surface area (Å²) in [5, 5.41) is 10.2. The van der Waals surface area contributed by atoms with Crippen LogP contribution in [-0.4, -0.2) is 34.1 Å². The Balaban J connectivity index is 1.58. The number of thioether (sulfide) groups is 1. The van der Waals surface area contributed by atoms with Crippen molar-refractivity contribution in [1.29, 1.82) is 0 Å². The number of halogens is 1. The summed E-state index contributed by atoms with van der Waals surface area (Å²) >= 11 is 2.55. The largest absolute Gasteiger partial charge is 0.497 e. The second-order valence-corrected chi connectivity index (χ2v) is 8.56. The number of hydrogen-bond acceptors (Lipinski definition) is 8. The third kappa shape index (κ3) is 3.54. The van der Waals surface area contributed by atoms with Crippen LogP contribution in [0.15, 0.2) is 40.7 Å². The third-order valence-corrected chi connectivity index (χ3v) is 6.62. The highest BCUT2D eigenvalue weighted by molar-refractivity contribution is 8.02. The number of ether oxygens (including phenoxy) is 1. The molecule has 2 amide bonds. The van der Waals surface area contributed by atoms with Crippen LogP contribution in [0.1, 0.15) is 6.42 Å². The predicted octanol–water partition coefficient (Wildman–Crippen LogP) is 3.78. The topological polar surface area (TPSA) is 103 Å². The van der Waals surface area contributed by atoms with Gasteiger partial charge in [0.2, 0.25) is 17.6 Å².